The molecule has 1 heterocycles. The third-order valence-electron chi connectivity index (χ3n) is 2.90. The van der Waals surface area contributed by atoms with Crippen molar-refractivity contribution in [3.05, 3.63) is 15.6 Å². The summed E-state index contributed by atoms with van der Waals surface area (Å²) in [6, 6.07) is 0. The van der Waals surface area contributed by atoms with E-state index >= 15 is 0 Å². The van der Waals surface area contributed by atoms with E-state index in [4.69, 9.17) is 4.98 Å². The Bertz CT molecular complexity index is 350. The number of nitrogens with one attached hydrogen (secondary N) is 1. The quantitative estimate of drug-likeness (QED) is 0.746. The number of hydrogen-bond donors (Lipinski definition) is 1. The molecule has 0 saturated heterocycles. The lowest BCUT2D eigenvalue weighted by molar-refractivity contribution is 0.582. The first kappa shape index (κ1) is 15.6. The lowest BCUT2D eigenvalue weighted by Gasteiger charge is -2.13. The molecule has 0 aliphatic heterocycles. The Morgan fingerprint density at radius 2 is 1.89 bits per heavy atom. The molecular weight excluding hydrogens is 240 g/mol. The first-order valence-electron chi connectivity index (χ1n) is 7.18. The molecule has 0 saturated carbocycles. The van der Waals surface area contributed by atoms with E-state index < -0.39 is 0 Å². The van der Waals surface area contributed by atoms with Crippen LogP contribution in [0.2, 0.25) is 0 Å². The monoisotopic (exact) mass is 268 g/mol. The van der Waals surface area contributed by atoms with E-state index in [1.165, 1.54) is 34.8 Å². The van der Waals surface area contributed by atoms with Gasteiger partial charge in [-0.25, -0.2) is 4.98 Å². The zero-order chi connectivity index (χ0) is 13.6. The van der Waals surface area contributed by atoms with Gasteiger partial charge in [0.15, 0.2) is 0 Å². The molecule has 3 heteroatoms. The number of aromatic nitrogens is 1. The van der Waals surface area contributed by atoms with Gasteiger partial charge in [-0.1, -0.05) is 47.5 Å². The molecule has 0 aromatic carbocycles. The van der Waals surface area contributed by atoms with Crippen LogP contribution < -0.4 is 5.32 Å². The first-order valence-corrected chi connectivity index (χ1v) is 8.00. The number of hydrogen-bond acceptors (Lipinski definition) is 3. The van der Waals surface area contributed by atoms with Gasteiger partial charge in [-0.2, -0.15) is 0 Å². The molecule has 0 amide bonds. The molecule has 0 aliphatic rings. The molecule has 1 N–H and O–H groups in total. The summed E-state index contributed by atoms with van der Waals surface area (Å²) in [5.41, 5.74) is 1.49. The Morgan fingerprint density at radius 3 is 2.44 bits per heavy atom. The summed E-state index contributed by atoms with van der Waals surface area (Å²) in [5.74, 6) is 0. The zero-order valence-electron chi connectivity index (χ0n) is 12.6. The van der Waals surface area contributed by atoms with Crippen molar-refractivity contribution in [3.63, 3.8) is 0 Å². The van der Waals surface area contributed by atoms with Crippen LogP contribution >= 0.6 is 11.3 Å². The van der Waals surface area contributed by atoms with Crippen LogP contribution in [0.1, 0.15) is 69.5 Å². The van der Waals surface area contributed by atoms with E-state index in [0.29, 0.717) is 0 Å². The first-order chi connectivity index (χ1) is 8.49. The number of aryl methyl sites for hydroxylation is 1. The van der Waals surface area contributed by atoms with Crippen molar-refractivity contribution >= 4 is 11.3 Å². The average Bonchev–Trinajstić information content (AvgIpc) is 2.68. The minimum absolute atomic E-state index is 0.175. The summed E-state index contributed by atoms with van der Waals surface area (Å²) in [4.78, 5) is 6.29. The van der Waals surface area contributed by atoms with Crippen LogP contribution in [0.25, 0.3) is 0 Å². The Kier molecular flexibility index (Phi) is 6.30. The van der Waals surface area contributed by atoms with Crippen LogP contribution in [-0.4, -0.2) is 11.5 Å². The van der Waals surface area contributed by atoms with Crippen LogP contribution in [0.15, 0.2) is 0 Å². The van der Waals surface area contributed by atoms with Gasteiger partial charge >= 0.3 is 0 Å². The van der Waals surface area contributed by atoms with Crippen LogP contribution in [0.5, 0.6) is 0 Å². The van der Waals surface area contributed by atoms with Crippen molar-refractivity contribution in [1.29, 1.82) is 0 Å². The van der Waals surface area contributed by atoms with E-state index in [1.54, 1.807) is 0 Å². The highest BCUT2D eigenvalue weighted by Gasteiger charge is 2.20. The summed E-state index contributed by atoms with van der Waals surface area (Å²) >= 11 is 1.89. The third-order valence-corrected chi connectivity index (χ3v) is 4.42. The molecule has 1 aromatic heterocycles. The van der Waals surface area contributed by atoms with Crippen LogP contribution in [0.3, 0.4) is 0 Å². The van der Waals surface area contributed by atoms with E-state index in [9.17, 15) is 0 Å². The normalized spacial score (nSPS) is 12.1. The van der Waals surface area contributed by atoms with Gasteiger partial charge in [-0.05, 0) is 19.4 Å². The molecular formula is C15H28N2S. The fourth-order valence-electron chi connectivity index (χ4n) is 1.78. The number of unbranched alkanes of at least 4 members (excludes halogenated alkanes) is 1. The van der Waals surface area contributed by atoms with Crippen molar-refractivity contribution in [2.45, 2.75) is 72.3 Å². The Hall–Kier alpha value is -0.410. The maximum absolute atomic E-state index is 4.85. The fourth-order valence-corrected chi connectivity index (χ4v) is 2.91. The third kappa shape index (κ3) is 4.69. The van der Waals surface area contributed by atoms with Crippen molar-refractivity contribution in [2.24, 2.45) is 0 Å². The van der Waals surface area contributed by atoms with Gasteiger partial charge in [-0.3, -0.25) is 0 Å². The van der Waals surface area contributed by atoms with E-state index in [-0.39, 0.29) is 5.41 Å². The Balaban J connectivity index is 2.71. The molecule has 0 atom stereocenters. The summed E-state index contributed by atoms with van der Waals surface area (Å²) < 4.78 is 0. The Labute approximate surface area is 116 Å². The molecule has 18 heavy (non-hydrogen) atoms. The molecule has 0 bridgehead atoms. The second kappa shape index (κ2) is 7.25. The zero-order valence-corrected chi connectivity index (χ0v) is 13.4. The molecule has 2 nitrogen and oxygen atoms in total. The summed E-state index contributed by atoms with van der Waals surface area (Å²) in [6.45, 7) is 13.3. The summed E-state index contributed by atoms with van der Waals surface area (Å²) in [5, 5.41) is 4.81. The van der Waals surface area contributed by atoms with Crippen LogP contribution in [0.4, 0.5) is 0 Å². The highest BCUT2D eigenvalue weighted by atomic mass is 32.1. The minimum Gasteiger partial charge on any atom is -0.312 e. The van der Waals surface area contributed by atoms with Crippen molar-refractivity contribution in [1.82, 2.24) is 10.3 Å². The maximum Gasteiger partial charge on any atom is 0.0985 e. The lowest BCUT2D eigenvalue weighted by atomic mass is 9.98. The highest BCUT2D eigenvalue weighted by Crippen LogP contribution is 2.30. The largest absolute Gasteiger partial charge is 0.312 e. The smallest absolute Gasteiger partial charge is 0.0985 e. The SMILES string of the molecule is CCCCNCc1sc(C(C)(C)C)nc1CCC. The fraction of sp³-hybridized carbons (Fsp3) is 0.800. The standard InChI is InChI=1S/C15H28N2S/c1-6-8-10-16-11-13-12(9-7-2)17-14(18-13)15(3,4)5/h16H,6-11H2,1-5H3. The van der Waals surface area contributed by atoms with Crippen molar-refractivity contribution in [3.8, 4) is 0 Å². The molecule has 104 valence electrons. The number of rotatable bonds is 7. The molecule has 0 spiro atoms. The van der Waals surface area contributed by atoms with Crippen molar-refractivity contribution in [2.75, 3.05) is 6.54 Å². The second-order valence-electron chi connectivity index (χ2n) is 5.92. The lowest BCUT2D eigenvalue weighted by Crippen LogP contribution is -2.14. The number of thiazole rings is 1. The van der Waals surface area contributed by atoms with Gasteiger partial charge < -0.3 is 5.32 Å². The highest BCUT2D eigenvalue weighted by molar-refractivity contribution is 7.11. The van der Waals surface area contributed by atoms with Gasteiger partial charge in [0.2, 0.25) is 0 Å². The van der Waals surface area contributed by atoms with Gasteiger partial charge in [0.25, 0.3) is 0 Å². The molecule has 0 radical (unpaired) electrons. The maximum atomic E-state index is 4.85. The second-order valence-corrected chi connectivity index (χ2v) is 7.00. The molecule has 0 fully saturated rings. The predicted molar refractivity (Wildman–Crippen MR) is 81.4 cm³/mol. The van der Waals surface area contributed by atoms with Gasteiger partial charge in [0.05, 0.1) is 10.7 Å². The minimum atomic E-state index is 0.175. The topological polar surface area (TPSA) is 24.9 Å². The number of nitrogens with zero attached hydrogens (tertiary/aromatic N) is 1. The van der Waals surface area contributed by atoms with Crippen LogP contribution in [0, 0.1) is 0 Å². The summed E-state index contributed by atoms with van der Waals surface area (Å²) in [7, 11) is 0. The van der Waals surface area contributed by atoms with Gasteiger partial charge in [0, 0.05) is 16.8 Å². The van der Waals surface area contributed by atoms with Gasteiger partial charge in [0.1, 0.15) is 0 Å². The predicted octanol–water partition coefficient (Wildman–Crippen LogP) is 4.28. The van der Waals surface area contributed by atoms with Gasteiger partial charge in [-0.15, -0.1) is 11.3 Å². The summed E-state index contributed by atoms with van der Waals surface area (Å²) in [6.07, 6.45) is 4.80. The Morgan fingerprint density at radius 1 is 1.17 bits per heavy atom. The molecule has 0 unspecified atom stereocenters. The van der Waals surface area contributed by atoms with E-state index in [0.717, 1.165) is 19.5 Å². The van der Waals surface area contributed by atoms with E-state index in [1.807, 2.05) is 11.3 Å². The van der Waals surface area contributed by atoms with Crippen molar-refractivity contribution < 1.29 is 0 Å². The molecule has 1 aromatic rings. The van der Waals surface area contributed by atoms with Crippen LogP contribution in [-0.2, 0) is 18.4 Å². The van der Waals surface area contributed by atoms with E-state index in [2.05, 4.69) is 39.9 Å². The average molecular weight is 268 g/mol. The molecule has 0 aliphatic carbocycles. The molecule has 1 rings (SSSR count).